The third-order valence-corrected chi connectivity index (χ3v) is 12.7. The quantitative estimate of drug-likeness (QED) is 0.258. The van der Waals surface area contributed by atoms with E-state index in [9.17, 15) is 19.8 Å². The largest absolute Gasteiger partial charge is 0.454 e. The molecule has 0 radical (unpaired) electrons. The van der Waals surface area contributed by atoms with Gasteiger partial charge in [-0.3, -0.25) is 24.8 Å². The Morgan fingerprint density at radius 2 is 1.88 bits per heavy atom. The summed E-state index contributed by atoms with van der Waals surface area (Å²) in [6, 6.07) is 15.4. The van der Waals surface area contributed by atoms with E-state index in [2.05, 4.69) is 60.6 Å². The van der Waals surface area contributed by atoms with E-state index in [4.69, 9.17) is 25.9 Å². The number of hydrogen-bond acceptors (Lipinski definition) is 10. The number of rotatable bonds is 8. The van der Waals surface area contributed by atoms with Crippen LogP contribution in [-0.4, -0.2) is 83.8 Å². The van der Waals surface area contributed by atoms with E-state index >= 15 is 0 Å². The maximum Gasteiger partial charge on any atom is 0.323 e. The van der Waals surface area contributed by atoms with Crippen LogP contribution in [0.4, 0.5) is 5.69 Å². The Kier molecular flexibility index (Phi) is 9.35. The van der Waals surface area contributed by atoms with Crippen LogP contribution in [0.25, 0.3) is 0 Å². The lowest BCUT2D eigenvalue weighted by Gasteiger charge is -2.56. The van der Waals surface area contributed by atoms with Crippen molar-refractivity contribution in [1.82, 2.24) is 10.2 Å². The molecule has 3 aliphatic carbocycles. The molecule has 7 rings (SSSR count). The van der Waals surface area contributed by atoms with Gasteiger partial charge in [-0.2, -0.15) is 0 Å². The first kappa shape index (κ1) is 35.4. The van der Waals surface area contributed by atoms with Gasteiger partial charge in [0.25, 0.3) is 0 Å². The number of anilines is 1. The molecule has 0 spiro atoms. The van der Waals surface area contributed by atoms with Crippen LogP contribution >= 0.6 is 11.6 Å². The van der Waals surface area contributed by atoms with Crippen LogP contribution in [0.15, 0.2) is 60.2 Å². The zero-order chi connectivity index (χ0) is 35.7. The topological polar surface area (TPSA) is 121 Å². The number of fused-ring (bicyclic) bond motifs is 4. The second-order valence-corrected chi connectivity index (χ2v) is 16.0. The maximum absolute atomic E-state index is 14.1. The predicted molar refractivity (Wildman–Crippen MR) is 189 cm³/mol. The third-order valence-electron chi connectivity index (χ3n) is 12.4. The van der Waals surface area contributed by atoms with Crippen molar-refractivity contribution < 1.29 is 34.1 Å². The molecule has 0 bridgehead atoms. The summed E-state index contributed by atoms with van der Waals surface area (Å²) in [5.74, 6) is -0.866. The van der Waals surface area contributed by atoms with Gasteiger partial charge in [-0.25, -0.2) is 0 Å². The van der Waals surface area contributed by atoms with Gasteiger partial charge in [-0.1, -0.05) is 74.0 Å². The normalized spacial score (nSPS) is 38.0. The van der Waals surface area contributed by atoms with Crippen molar-refractivity contribution in [2.75, 3.05) is 25.7 Å². The average Bonchev–Trinajstić information content (AvgIpc) is 3.80. The maximum atomic E-state index is 14.1. The second-order valence-electron chi connectivity index (χ2n) is 15.6. The minimum absolute atomic E-state index is 0.0357. The molecule has 0 aromatic heterocycles. The van der Waals surface area contributed by atoms with Gasteiger partial charge in [0.05, 0.1) is 10.7 Å². The Labute approximate surface area is 299 Å². The van der Waals surface area contributed by atoms with Crippen molar-refractivity contribution >= 4 is 29.2 Å². The van der Waals surface area contributed by atoms with Gasteiger partial charge in [0, 0.05) is 50.4 Å². The lowest BCUT2D eigenvalue weighted by atomic mass is 9.55. The number of ether oxygens (including phenoxy) is 2. The SMILES string of the molecule is CC(=O)O[C@@H]1C(C)=C[C@@H]2[C@H](C(C)CN(C)C3CC3c3ccccc3)CC[C@@H](C)[C@]2(O)[C@H]1OC(=O)[C@@H]1C[C@@]2(O)c3cccc(Cl)c3N(C)O[C@H]2N1. The number of nitrogens with one attached hydrogen (secondary N) is 1. The Balaban J connectivity index is 1.13. The smallest absolute Gasteiger partial charge is 0.323 e. The Hall–Kier alpha value is -2.99. The number of hydroxylamine groups is 1. The minimum Gasteiger partial charge on any atom is -0.454 e. The highest BCUT2D eigenvalue weighted by Crippen LogP contribution is 2.54. The molecule has 3 unspecified atom stereocenters. The number of hydrogen-bond donors (Lipinski definition) is 3. The van der Waals surface area contributed by atoms with E-state index < -0.39 is 47.6 Å². The van der Waals surface area contributed by atoms with Crippen molar-refractivity contribution in [3.8, 4) is 0 Å². The van der Waals surface area contributed by atoms with E-state index in [-0.39, 0.29) is 30.1 Å². The zero-order valence-corrected chi connectivity index (χ0v) is 30.5. The molecule has 2 aliphatic heterocycles. The number of carbonyl (C=O) groups is 2. The summed E-state index contributed by atoms with van der Waals surface area (Å²) in [4.78, 5) is 35.0. The highest BCUT2D eigenvalue weighted by molar-refractivity contribution is 6.33. The van der Waals surface area contributed by atoms with Crippen LogP contribution in [0.2, 0.25) is 5.02 Å². The molecule has 2 heterocycles. The molecule has 50 heavy (non-hydrogen) atoms. The van der Waals surface area contributed by atoms with E-state index in [1.807, 2.05) is 13.8 Å². The van der Waals surface area contributed by atoms with Crippen molar-refractivity contribution in [3.63, 3.8) is 0 Å². The number of aliphatic hydroxyl groups is 2. The van der Waals surface area contributed by atoms with E-state index in [1.165, 1.54) is 17.6 Å². The molecule has 1 saturated heterocycles. The molecule has 12 atom stereocenters. The van der Waals surface area contributed by atoms with E-state index in [0.717, 1.165) is 31.4 Å². The summed E-state index contributed by atoms with van der Waals surface area (Å²) < 4.78 is 12.1. The first-order valence-corrected chi connectivity index (χ1v) is 18.3. The van der Waals surface area contributed by atoms with Gasteiger partial charge in [0.15, 0.2) is 18.4 Å². The predicted octanol–water partition coefficient (Wildman–Crippen LogP) is 4.92. The minimum atomic E-state index is -1.56. The number of likely N-dealkylation sites (N-methyl/N-ethyl adjacent to an activating group) is 1. The van der Waals surface area contributed by atoms with Crippen LogP contribution < -0.4 is 10.4 Å². The Bertz CT molecular complexity index is 1660. The van der Waals surface area contributed by atoms with Crippen molar-refractivity contribution in [2.24, 2.45) is 23.7 Å². The fourth-order valence-electron chi connectivity index (χ4n) is 9.61. The van der Waals surface area contributed by atoms with Crippen LogP contribution in [0.5, 0.6) is 0 Å². The van der Waals surface area contributed by atoms with Crippen LogP contribution in [0.1, 0.15) is 70.4 Å². The number of nitrogens with zero attached hydrogens (tertiary/aromatic N) is 2. The van der Waals surface area contributed by atoms with Gasteiger partial charge < -0.3 is 24.6 Å². The van der Waals surface area contributed by atoms with Gasteiger partial charge in [0.2, 0.25) is 0 Å². The van der Waals surface area contributed by atoms with Crippen molar-refractivity contribution in [3.05, 3.63) is 76.3 Å². The fraction of sp³-hybridized carbons (Fsp3) is 0.590. The van der Waals surface area contributed by atoms with Crippen LogP contribution in [0.3, 0.4) is 0 Å². The molecular weight excluding hydrogens is 658 g/mol. The van der Waals surface area contributed by atoms with Gasteiger partial charge in [0.1, 0.15) is 17.2 Å². The highest BCUT2D eigenvalue weighted by Gasteiger charge is 2.62. The molecule has 11 heteroatoms. The average molecular weight is 708 g/mol. The molecule has 3 fully saturated rings. The molecule has 3 N–H and O–H groups in total. The third kappa shape index (κ3) is 5.95. The van der Waals surface area contributed by atoms with E-state index in [0.29, 0.717) is 28.2 Å². The lowest BCUT2D eigenvalue weighted by Crippen LogP contribution is -2.66. The first-order chi connectivity index (χ1) is 23.7. The molecule has 5 aliphatic rings. The Morgan fingerprint density at radius 3 is 2.60 bits per heavy atom. The van der Waals surface area contributed by atoms with Gasteiger partial charge in [-0.05, 0) is 68.2 Å². The summed E-state index contributed by atoms with van der Waals surface area (Å²) in [5.41, 5.74) is 0.153. The number of benzene rings is 2. The summed E-state index contributed by atoms with van der Waals surface area (Å²) in [5, 5.41) is 29.8. The summed E-state index contributed by atoms with van der Waals surface area (Å²) in [7, 11) is 3.89. The zero-order valence-electron chi connectivity index (χ0n) is 29.7. The van der Waals surface area contributed by atoms with Gasteiger partial charge >= 0.3 is 11.9 Å². The molecule has 2 aromatic carbocycles. The summed E-state index contributed by atoms with van der Waals surface area (Å²) in [6.45, 7) is 8.32. The summed E-state index contributed by atoms with van der Waals surface area (Å²) >= 11 is 6.47. The lowest BCUT2D eigenvalue weighted by molar-refractivity contribution is -0.225. The van der Waals surface area contributed by atoms with Crippen LogP contribution in [0, 0.1) is 23.7 Å². The number of esters is 2. The second kappa shape index (κ2) is 13.2. The van der Waals surface area contributed by atoms with E-state index in [1.54, 1.807) is 25.2 Å². The van der Waals surface area contributed by atoms with Gasteiger partial charge in [-0.15, -0.1) is 0 Å². The highest BCUT2D eigenvalue weighted by atomic mass is 35.5. The number of halogens is 1. The molecule has 10 nitrogen and oxygen atoms in total. The van der Waals surface area contributed by atoms with Crippen LogP contribution in [-0.2, 0) is 29.5 Å². The fourth-order valence-corrected chi connectivity index (χ4v) is 9.91. The molecule has 0 amide bonds. The molecular formula is C39H50ClN3O7. The summed E-state index contributed by atoms with van der Waals surface area (Å²) in [6.07, 6.45) is 1.78. The number of para-hydroxylation sites is 1. The molecule has 270 valence electrons. The van der Waals surface area contributed by atoms with Crippen molar-refractivity contribution in [1.29, 1.82) is 0 Å². The Morgan fingerprint density at radius 1 is 1.14 bits per heavy atom. The molecule has 2 saturated carbocycles. The number of carbonyl (C=O) groups excluding carboxylic acids is 2. The first-order valence-electron chi connectivity index (χ1n) is 18.0. The monoisotopic (exact) mass is 707 g/mol. The van der Waals surface area contributed by atoms with Crippen molar-refractivity contribution in [2.45, 2.75) is 101 Å². The molecule has 2 aromatic rings. The standard InChI is InChI=1S/C39H50ClN3O7/c1-21-17-29-26(22(2)20-42(5)32-18-27(32)25-11-8-7-9-12-25)16-15-23(3)39(29,47)35(34(21)48-24(4)44)49-36(45)31-19-38(46)28-13-10-14-30(40)33(28)43(6)50-37(38)41-31/h7-14,17,22-23,26-27,29,31-32,34-35,37,41,46-47H,15-16,18-20H2,1-6H3/t22?,23-,26+,27?,29-,31+,32?,34-,35+,37-,38-,39-/m1/s1.